The van der Waals surface area contributed by atoms with Gasteiger partial charge >= 0.3 is 0 Å². The standard InChI is InChI=1S/C13H20N2S/c1-11-6-8-12(9-7-11)15(2)10-4-3-5-13(14)16/h6-9H,3-5,10H2,1-2H3,(H2,14,16). The summed E-state index contributed by atoms with van der Waals surface area (Å²) in [4.78, 5) is 2.89. The molecule has 0 amide bonds. The Kier molecular flexibility index (Phi) is 5.26. The summed E-state index contributed by atoms with van der Waals surface area (Å²) in [7, 11) is 2.12. The summed E-state index contributed by atoms with van der Waals surface area (Å²) in [6.07, 6.45) is 3.06. The van der Waals surface area contributed by atoms with E-state index in [0.717, 1.165) is 25.8 Å². The van der Waals surface area contributed by atoms with Gasteiger partial charge in [0.1, 0.15) is 0 Å². The fourth-order valence-electron chi connectivity index (χ4n) is 1.58. The first-order valence-corrected chi connectivity index (χ1v) is 6.06. The molecular weight excluding hydrogens is 216 g/mol. The van der Waals surface area contributed by atoms with E-state index < -0.39 is 0 Å². The Hall–Kier alpha value is -1.09. The zero-order valence-corrected chi connectivity index (χ0v) is 10.9. The van der Waals surface area contributed by atoms with E-state index in [1.165, 1.54) is 11.3 Å². The summed E-state index contributed by atoms with van der Waals surface area (Å²) in [5.41, 5.74) is 8.02. The molecule has 0 aliphatic rings. The third-order valence-corrected chi connectivity index (χ3v) is 2.85. The number of thiocarbonyl (C=S) groups is 1. The van der Waals surface area contributed by atoms with Crippen molar-refractivity contribution in [3.63, 3.8) is 0 Å². The van der Waals surface area contributed by atoms with Gasteiger partial charge in [-0.2, -0.15) is 0 Å². The van der Waals surface area contributed by atoms with E-state index >= 15 is 0 Å². The monoisotopic (exact) mass is 236 g/mol. The Morgan fingerprint density at radius 2 is 1.88 bits per heavy atom. The predicted octanol–water partition coefficient (Wildman–Crippen LogP) is 2.89. The van der Waals surface area contributed by atoms with Gasteiger partial charge in [-0.3, -0.25) is 0 Å². The molecule has 88 valence electrons. The Morgan fingerprint density at radius 3 is 2.44 bits per heavy atom. The van der Waals surface area contributed by atoms with E-state index in [4.69, 9.17) is 18.0 Å². The maximum Gasteiger partial charge on any atom is 0.0727 e. The van der Waals surface area contributed by atoms with Crippen molar-refractivity contribution >= 4 is 22.9 Å². The number of aryl methyl sites for hydroxylation is 1. The fourth-order valence-corrected chi connectivity index (χ4v) is 1.72. The van der Waals surface area contributed by atoms with Gasteiger partial charge in [-0.05, 0) is 38.3 Å². The third-order valence-electron chi connectivity index (χ3n) is 2.64. The van der Waals surface area contributed by atoms with Crippen molar-refractivity contribution in [3.8, 4) is 0 Å². The molecule has 0 aliphatic carbocycles. The Bertz CT molecular complexity index is 332. The second-order valence-corrected chi connectivity index (χ2v) is 4.70. The number of benzene rings is 1. The van der Waals surface area contributed by atoms with E-state index in [0.29, 0.717) is 4.99 Å². The smallest absolute Gasteiger partial charge is 0.0727 e. The highest BCUT2D eigenvalue weighted by Crippen LogP contribution is 2.14. The molecule has 1 aromatic rings. The second-order valence-electron chi connectivity index (χ2n) is 4.18. The summed E-state index contributed by atoms with van der Waals surface area (Å²) in [6.45, 7) is 3.15. The number of rotatable bonds is 6. The SMILES string of the molecule is Cc1ccc(N(C)CCCCC(N)=S)cc1. The van der Waals surface area contributed by atoms with E-state index in [1.54, 1.807) is 0 Å². The number of anilines is 1. The van der Waals surface area contributed by atoms with Crippen LogP contribution in [0.1, 0.15) is 24.8 Å². The topological polar surface area (TPSA) is 29.3 Å². The van der Waals surface area contributed by atoms with Gasteiger partial charge in [0.25, 0.3) is 0 Å². The molecule has 0 radical (unpaired) electrons. The zero-order chi connectivity index (χ0) is 12.0. The quantitative estimate of drug-likeness (QED) is 0.608. The molecule has 0 spiro atoms. The van der Waals surface area contributed by atoms with Crippen LogP contribution in [0.3, 0.4) is 0 Å². The molecule has 0 unspecified atom stereocenters. The normalized spacial score (nSPS) is 10.1. The first-order chi connectivity index (χ1) is 7.59. The van der Waals surface area contributed by atoms with Crippen LogP contribution < -0.4 is 10.6 Å². The van der Waals surface area contributed by atoms with Crippen molar-refractivity contribution in [1.82, 2.24) is 0 Å². The highest BCUT2D eigenvalue weighted by Gasteiger charge is 2.00. The first kappa shape index (κ1) is 13.0. The Morgan fingerprint density at radius 1 is 1.25 bits per heavy atom. The minimum atomic E-state index is 0.623. The first-order valence-electron chi connectivity index (χ1n) is 5.65. The molecule has 0 aliphatic heterocycles. The molecule has 0 saturated carbocycles. The van der Waals surface area contributed by atoms with Crippen molar-refractivity contribution in [2.45, 2.75) is 26.2 Å². The van der Waals surface area contributed by atoms with Gasteiger partial charge in [-0.1, -0.05) is 29.9 Å². The minimum absolute atomic E-state index is 0.623. The van der Waals surface area contributed by atoms with E-state index in [9.17, 15) is 0 Å². The van der Waals surface area contributed by atoms with Crippen LogP contribution in [-0.4, -0.2) is 18.6 Å². The fraction of sp³-hybridized carbons (Fsp3) is 0.462. The lowest BCUT2D eigenvalue weighted by atomic mass is 10.2. The van der Waals surface area contributed by atoms with Crippen LogP contribution in [-0.2, 0) is 0 Å². The lowest BCUT2D eigenvalue weighted by molar-refractivity contribution is 0.742. The van der Waals surface area contributed by atoms with E-state index in [-0.39, 0.29) is 0 Å². The number of unbranched alkanes of at least 4 members (excludes halogenated alkanes) is 1. The molecule has 2 N–H and O–H groups in total. The molecule has 1 aromatic carbocycles. The molecule has 0 bridgehead atoms. The van der Waals surface area contributed by atoms with Gasteiger partial charge in [0.05, 0.1) is 4.99 Å². The van der Waals surface area contributed by atoms with Gasteiger partial charge in [-0.25, -0.2) is 0 Å². The molecule has 3 heteroatoms. The van der Waals surface area contributed by atoms with Crippen LogP contribution in [0.4, 0.5) is 5.69 Å². The summed E-state index contributed by atoms with van der Waals surface area (Å²) in [5.74, 6) is 0. The van der Waals surface area contributed by atoms with Crippen molar-refractivity contribution < 1.29 is 0 Å². The highest BCUT2D eigenvalue weighted by molar-refractivity contribution is 7.80. The van der Waals surface area contributed by atoms with E-state index in [2.05, 4.69) is 43.1 Å². The van der Waals surface area contributed by atoms with Crippen LogP contribution >= 0.6 is 12.2 Å². The summed E-state index contributed by atoms with van der Waals surface area (Å²) in [6, 6.07) is 8.59. The molecule has 1 rings (SSSR count). The van der Waals surface area contributed by atoms with Crippen LogP contribution in [0, 0.1) is 6.92 Å². The largest absolute Gasteiger partial charge is 0.393 e. The predicted molar refractivity (Wildman–Crippen MR) is 75.1 cm³/mol. The van der Waals surface area contributed by atoms with Crippen molar-refractivity contribution in [2.24, 2.45) is 5.73 Å². The summed E-state index contributed by atoms with van der Waals surface area (Å²) < 4.78 is 0. The maximum atomic E-state index is 5.45. The van der Waals surface area contributed by atoms with Gasteiger partial charge in [-0.15, -0.1) is 0 Å². The van der Waals surface area contributed by atoms with Crippen molar-refractivity contribution in [3.05, 3.63) is 29.8 Å². The van der Waals surface area contributed by atoms with Gasteiger partial charge in [0.15, 0.2) is 0 Å². The van der Waals surface area contributed by atoms with Crippen LogP contribution in [0.15, 0.2) is 24.3 Å². The summed E-state index contributed by atoms with van der Waals surface area (Å²) in [5, 5.41) is 0. The molecule has 0 heterocycles. The highest BCUT2D eigenvalue weighted by atomic mass is 32.1. The Balaban J connectivity index is 2.32. The van der Waals surface area contributed by atoms with Gasteiger partial charge in [0.2, 0.25) is 0 Å². The van der Waals surface area contributed by atoms with Crippen LogP contribution in [0.2, 0.25) is 0 Å². The van der Waals surface area contributed by atoms with Gasteiger partial charge < -0.3 is 10.6 Å². The molecule has 0 fully saturated rings. The second kappa shape index (κ2) is 6.48. The molecule has 16 heavy (non-hydrogen) atoms. The van der Waals surface area contributed by atoms with Crippen molar-refractivity contribution in [1.29, 1.82) is 0 Å². The molecule has 0 atom stereocenters. The molecular formula is C13H20N2S. The maximum absolute atomic E-state index is 5.45. The van der Waals surface area contributed by atoms with Crippen LogP contribution in [0.25, 0.3) is 0 Å². The number of hydrogen-bond donors (Lipinski definition) is 1. The third kappa shape index (κ3) is 4.62. The lowest BCUT2D eigenvalue weighted by Gasteiger charge is -2.19. The lowest BCUT2D eigenvalue weighted by Crippen LogP contribution is -2.18. The molecule has 2 nitrogen and oxygen atoms in total. The number of hydrogen-bond acceptors (Lipinski definition) is 2. The number of nitrogens with two attached hydrogens (primary N) is 1. The van der Waals surface area contributed by atoms with E-state index in [1.807, 2.05) is 0 Å². The summed E-state index contributed by atoms with van der Waals surface area (Å²) >= 11 is 4.85. The minimum Gasteiger partial charge on any atom is -0.393 e. The average molecular weight is 236 g/mol. The molecule has 0 aromatic heterocycles. The Labute approximate surface area is 103 Å². The van der Waals surface area contributed by atoms with Gasteiger partial charge in [0, 0.05) is 19.3 Å². The van der Waals surface area contributed by atoms with Crippen LogP contribution in [0.5, 0.6) is 0 Å². The zero-order valence-electron chi connectivity index (χ0n) is 10.1. The van der Waals surface area contributed by atoms with Crippen molar-refractivity contribution in [2.75, 3.05) is 18.5 Å². The number of nitrogens with zero attached hydrogens (tertiary/aromatic N) is 1. The molecule has 0 saturated heterocycles. The average Bonchev–Trinajstić information content (AvgIpc) is 2.25.